The normalized spacial score (nSPS) is 13.4. The highest BCUT2D eigenvalue weighted by Crippen LogP contribution is 2.18. The van der Waals surface area contributed by atoms with Gasteiger partial charge in [0.1, 0.15) is 18.1 Å². The van der Waals surface area contributed by atoms with Crippen molar-refractivity contribution in [3.05, 3.63) is 35.9 Å². The Balaban J connectivity index is 2.75. The van der Waals surface area contributed by atoms with Crippen molar-refractivity contribution in [3.8, 4) is 0 Å². The summed E-state index contributed by atoms with van der Waals surface area (Å²) in [5, 5.41) is 10.2. The van der Waals surface area contributed by atoms with Gasteiger partial charge < -0.3 is 19.3 Å². The minimum atomic E-state index is -1.83. The Hall–Kier alpha value is -2.41. The van der Waals surface area contributed by atoms with Gasteiger partial charge in [-0.15, -0.1) is 0 Å². The van der Waals surface area contributed by atoms with Crippen LogP contribution in [0.15, 0.2) is 30.3 Å². The predicted octanol–water partition coefficient (Wildman–Crippen LogP) is 2.00. The van der Waals surface area contributed by atoms with Gasteiger partial charge in [-0.1, -0.05) is 30.3 Å². The van der Waals surface area contributed by atoms with Gasteiger partial charge in [0.25, 0.3) is 0 Å². The smallest absolute Gasteiger partial charge is 0.336 e. The Labute approximate surface area is 153 Å². The van der Waals surface area contributed by atoms with Crippen LogP contribution in [-0.4, -0.2) is 41.3 Å². The average molecular weight is 366 g/mol. The Morgan fingerprint density at radius 2 is 1.65 bits per heavy atom. The fraction of sp³-hybridized carbons (Fsp3) is 0.526. The predicted molar refractivity (Wildman–Crippen MR) is 92.8 cm³/mol. The number of carbonyl (C=O) groups is 3. The van der Waals surface area contributed by atoms with Crippen LogP contribution in [0.5, 0.6) is 0 Å². The standard InChI is InChI=1S/C19H26O7/c1-5-24-17(22)14(11-15(20)26-19(2,3)4)16(21)18(23)25-12-13-9-7-6-8-10-13/h6-10,14,16,21H,5,11-12H2,1-4H3/t14-,16+/m1/s1. The maximum Gasteiger partial charge on any atom is 0.336 e. The van der Waals surface area contributed by atoms with Crippen LogP contribution in [0.2, 0.25) is 0 Å². The maximum atomic E-state index is 12.1. The number of hydrogen-bond acceptors (Lipinski definition) is 7. The number of aliphatic hydroxyl groups excluding tert-OH is 1. The molecule has 0 fully saturated rings. The van der Waals surface area contributed by atoms with Gasteiger partial charge in [-0.05, 0) is 33.3 Å². The number of ether oxygens (including phenoxy) is 3. The monoisotopic (exact) mass is 366 g/mol. The first kappa shape index (κ1) is 21.6. The quantitative estimate of drug-likeness (QED) is 0.555. The number of rotatable bonds is 8. The summed E-state index contributed by atoms with van der Waals surface area (Å²) in [5.74, 6) is -3.98. The summed E-state index contributed by atoms with van der Waals surface area (Å²) < 4.78 is 15.0. The van der Waals surface area contributed by atoms with Crippen LogP contribution < -0.4 is 0 Å². The van der Waals surface area contributed by atoms with Gasteiger partial charge in [-0.3, -0.25) is 9.59 Å². The second-order valence-corrected chi connectivity index (χ2v) is 6.69. The van der Waals surface area contributed by atoms with Crippen molar-refractivity contribution in [2.45, 2.75) is 52.4 Å². The molecule has 0 aliphatic carbocycles. The number of hydrogen-bond donors (Lipinski definition) is 1. The molecule has 0 aliphatic rings. The van der Waals surface area contributed by atoms with Crippen molar-refractivity contribution in [2.24, 2.45) is 5.92 Å². The van der Waals surface area contributed by atoms with Crippen molar-refractivity contribution in [1.29, 1.82) is 0 Å². The fourth-order valence-electron chi connectivity index (χ4n) is 2.11. The topological polar surface area (TPSA) is 99.1 Å². The van der Waals surface area contributed by atoms with Crippen molar-refractivity contribution < 1.29 is 33.7 Å². The molecule has 0 aromatic heterocycles. The third-order valence-electron chi connectivity index (χ3n) is 3.24. The summed E-state index contributed by atoms with van der Waals surface area (Å²) in [6.45, 7) is 6.61. The fourth-order valence-corrected chi connectivity index (χ4v) is 2.11. The first-order valence-electron chi connectivity index (χ1n) is 8.41. The first-order chi connectivity index (χ1) is 12.1. The van der Waals surface area contributed by atoms with Crippen LogP contribution in [0.3, 0.4) is 0 Å². The molecular formula is C19H26O7. The molecule has 1 N–H and O–H groups in total. The molecule has 0 unspecified atom stereocenters. The van der Waals surface area contributed by atoms with Gasteiger partial charge in [0.15, 0.2) is 6.10 Å². The van der Waals surface area contributed by atoms with Crippen molar-refractivity contribution in [2.75, 3.05) is 6.61 Å². The van der Waals surface area contributed by atoms with E-state index in [-0.39, 0.29) is 13.2 Å². The summed E-state index contributed by atoms with van der Waals surface area (Å²) in [4.78, 5) is 36.2. The van der Waals surface area contributed by atoms with E-state index in [0.29, 0.717) is 0 Å². The van der Waals surface area contributed by atoms with Crippen LogP contribution in [0.4, 0.5) is 0 Å². The number of carbonyl (C=O) groups excluding carboxylic acids is 3. The molecule has 1 rings (SSSR count). The number of benzene rings is 1. The molecule has 144 valence electrons. The molecule has 0 saturated carbocycles. The van der Waals surface area contributed by atoms with E-state index in [9.17, 15) is 19.5 Å². The molecular weight excluding hydrogens is 340 g/mol. The zero-order valence-electron chi connectivity index (χ0n) is 15.6. The highest BCUT2D eigenvalue weighted by Gasteiger charge is 2.37. The van der Waals surface area contributed by atoms with Crippen LogP contribution >= 0.6 is 0 Å². The highest BCUT2D eigenvalue weighted by molar-refractivity contribution is 5.87. The minimum Gasteiger partial charge on any atom is -0.466 e. The number of esters is 3. The molecule has 1 aromatic rings. The molecule has 7 heteroatoms. The van der Waals surface area contributed by atoms with E-state index >= 15 is 0 Å². The van der Waals surface area contributed by atoms with Crippen molar-refractivity contribution in [1.82, 2.24) is 0 Å². The van der Waals surface area contributed by atoms with E-state index in [2.05, 4.69) is 0 Å². The Kier molecular flexibility index (Phi) is 8.25. The summed E-state index contributed by atoms with van der Waals surface area (Å²) in [6, 6.07) is 8.89. The summed E-state index contributed by atoms with van der Waals surface area (Å²) in [5.41, 5.74) is -0.0254. The second kappa shape index (κ2) is 9.91. The van der Waals surface area contributed by atoms with Gasteiger partial charge in [0, 0.05) is 0 Å². The largest absolute Gasteiger partial charge is 0.466 e. The third-order valence-corrected chi connectivity index (χ3v) is 3.24. The zero-order valence-corrected chi connectivity index (χ0v) is 15.6. The molecule has 0 spiro atoms. The Bertz CT molecular complexity index is 604. The Morgan fingerprint density at radius 1 is 1.04 bits per heavy atom. The van der Waals surface area contributed by atoms with Crippen LogP contribution in [-0.2, 0) is 35.2 Å². The molecule has 26 heavy (non-hydrogen) atoms. The molecule has 0 radical (unpaired) electrons. The minimum absolute atomic E-state index is 0.0510. The molecule has 0 bridgehead atoms. The Morgan fingerprint density at radius 3 is 2.19 bits per heavy atom. The molecule has 0 heterocycles. The lowest BCUT2D eigenvalue weighted by Crippen LogP contribution is -2.39. The molecule has 0 saturated heterocycles. The maximum absolute atomic E-state index is 12.1. The van der Waals surface area contributed by atoms with Gasteiger partial charge in [-0.2, -0.15) is 0 Å². The average Bonchev–Trinajstić information content (AvgIpc) is 2.56. The summed E-state index contributed by atoms with van der Waals surface area (Å²) in [7, 11) is 0. The van der Waals surface area contributed by atoms with Crippen LogP contribution in [0.1, 0.15) is 39.7 Å². The van der Waals surface area contributed by atoms with Gasteiger partial charge in [0.05, 0.1) is 13.0 Å². The molecule has 7 nitrogen and oxygen atoms in total. The lowest BCUT2D eigenvalue weighted by molar-refractivity contribution is -0.172. The summed E-state index contributed by atoms with van der Waals surface area (Å²) in [6.07, 6.45) is -2.32. The van der Waals surface area contributed by atoms with Crippen molar-refractivity contribution in [3.63, 3.8) is 0 Å². The van der Waals surface area contributed by atoms with E-state index in [0.717, 1.165) is 5.56 Å². The highest BCUT2D eigenvalue weighted by atomic mass is 16.6. The van der Waals surface area contributed by atoms with Gasteiger partial charge >= 0.3 is 17.9 Å². The number of aliphatic hydroxyl groups is 1. The third kappa shape index (κ3) is 7.65. The lowest BCUT2D eigenvalue weighted by atomic mass is 9.98. The van der Waals surface area contributed by atoms with Crippen molar-refractivity contribution >= 4 is 17.9 Å². The van der Waals surface area contributed by atoms with E-state index in [1.165, 1.54) is 0 Å². The van der Waals surface area contributed by atoms with Gasteiger partial charge in [-0.25, -0.2) is 4.79 Å². The van der Waals surface area contributed by atoms with Gasteiger partial charge in [0.2, 0.25) is 0 Å². The van der Waals surface area contributed by atoms with Crippen LogP contribution in [0, 0.1) is 5.92 Å². The van der Waals surface area contributed by atoms with E-state index in [1.54, 1.807) is 52.0 Å². The lowest BCUT2D eigenvalue weighted by Gasteiger charge is -2.23. The molecule has 0 amide bonds. The van der Waals surface area contributed by atoms with E-state index in [1.807, 2.05) is 6.07 Å². The zero-order chi connectivity index (χ0) is 19.7. The van der Waals surface area contributed by atoms with Crippen LogP contribution in [0.25, 0.3) is 0 Å². The second-order valence-electron chi connectivity index (χ2n) is 6.69. The van der Waals surface area contributed by atoms with E-state index in [4.69, 9.17) is 14.2 Å². The summed E-state index contributed by atoms with van der Waals surface area (Å²) >= 11 is 0. The van der Waals surface area contributed by atoms with E-state index < -0.39 is 42.0 Å². The molecule has 1 aromatic carbocycles. The first-order valence-corrected chi connectivity index (χ1v) is 8.41. The SMILES string of the molecule is CCOC(=O)[C@H](CC(=O)OC(C)(C)C)[C@H](O)C(=O)OCc1ccccc1. The molecule has 2 atom stereocenters. The molecule has 0 aliphatic heterocycles.